The Kier molecular flexibility index (Phi) is 12.2. The van der Waals surface area contributed by atoms with E-state index >= 15 is 4.79 Å². The molecule has 15 nitrogen and oxygen atoms in total. The average molecular weight is 899 g/mol. The van der Waals surface area contributed by atoms with Crippen molar-refractivity contribution in [2.45, 2.75) is 117 Å². The van der Waals surface area contributed by atoms with Gasteiger partial charge in [-0.1, -0.05) is 58.9 Å². The molecular weight excluding hydrogens is 837 g/mol. The third-order valence-corrected chi connectivity index (χ3v) is 14.9. The van der Waals surface area contributed by atoms with E-state index in [1.807, 2.05) is 55.7 Å². The summed E-state index contributed by atoms with van der Waals surface area (Å²) in [6, 6.07) is 14.6. The van der Waals surface area contributed by atoms with Crippen molar-refractivity contribution >= 4 is 51.9 Å². The van der Waals surface area contributed by atoms with Gasteiger partial charge in [0.15, 0.2) is 5.78 Å². The second-order valence-corrected chi connectivity index (χ2v) is 19.8. The van der Waals surface area contributed by atoms with Crippen LogP contribution >= 0.6 is 0 Å². The number of fused-ring (bicyclic) bond motifs is 3. The van der Waals surface area contributed by atoms with Gasteiger partial charge in [-0.15, -0.1) is 0 Å². The zero-order valence-corrected chi connectivity index (χ0v) is 39.1. The average Bonchev–Trinajstić information content (AvgIpc) is 4.17. The highest BCUT2D eigenvalue weighted by Crippen LogP contribution is 2.53. The maximum atomic E-state index is 15.0. The minimum Gasteiger partial charge on any atom is -0.453 e. The molecule has 348 valence electrons. The van der Waals surface area contributed by atoms with Crippen molar-refractivity contribution < 1.29 is 33.4 Å². The summed E-state index contributed by atoms with van der Waals surface area (Å²) in [5.74, 6) is 1.62. The van der Waals surface area contributed by atoms with Gasteiger partial charge in [-0.2, -0.15) is 0 Å². The fraction of sp³-hybridized carbons (Fsp3) is 0.510. The molecule has 3 aromatic carbocycles. The standard InChI is InChI=1S/C51H62N8O7/c1-27(2)42(56-49(63)65-6)47(61)58-22-8-10-39(58)45-52-35-16-12-30(24-37(35)54-45)32-14-15-33(41-34(32)26-51(44(41)60)20-18-29(5)19-21-51)31-13-17-36-38(25-31)55-46(53-36)40-11-9-23-59(40)48(62)43(28(3)4)57-50(64)66-7/h12-17,24-25,27-29,39-40,42-43H,8-11,18-23,26H2,1-7H3,(H,52,54)(H,53,55)(H,56,63)(H,57,64)/t29?,39?,40?,42-,43?,51?/m0/s1. The van der Waals surface area contributed by atoms with Gasteiger partial charge in [-0.05, 0) is 128 Å². The van der Waals surface area contributed by atoms with Gasteiger partial charge in [-0.3, -0.25) is 14.4 Å². The Morgan fingerprint density at radius 2 is 1.17 bits per heavy atom. The lowest BCUT2D eigenvalue weighted by Gasteiger charge is -2.34. The first kappa shape index (κ1) is 44.9. The monoisotopic (exact) mass is 898 g/mol. The first-order valence-electron chi connectivity index (χ1n) is 23.7. The predicted molar refractivity (Wildman–Crippen MR) is 250 cm³/mol. The number of benzene rings is 3. The van der Waals surface area contributed by atoms with Crippen LogP contribution < -0.4 is 10.6 Å². The molecule has 0 bridgehead atoms. The van der Waals surface area contributed by atoms with Crippen LogP contribution in [-0.4, -0.2) is 98.9 Å². The minimum absolute atomic E-state index is 0.136. The van der Waals surface area contributed by atoms with E-state index in [4.69, 9.17) is 19.4 Å². The molecule has 9 rings (SSSR count). The zero-order valence-electron chi connectivity index (χ0n) is 39.1. The van der Waals surface area contributed by atoms with Crippen molar-refractivity contribution in [3.05, 3.63) is 71.3 Å². The number of hydrogen-bond acceptors (Lipinski definition) is 9. The minimum atomic E-state index is -0.729. The van der Waals surface area contributed by atoms with E-state index in [1.54, 1.807) is 0 Å². The van der Waals surface area contributed by atoms with Crippen LogP contribution in [0.3, 0.4) is 0 Å². The zero-order chi connectivity index (χ0) is 46.6. The third-order valence-electron chi connectivity index (χ3n) is 14.9. The maximum absolute atomic E-state index is 15.0. The Morgan fingerprint density at radius 3 is 1.64 bits per heavy atom. The number of imidazole rings is 2. The number of H-pyrrole nitrogens is 2. The Morgan fingerprint density at radius 1 is 0.697 bits per heavy atom. The van der Waals surface area contributed by atoms with E-state index < -0.39 is 29.7 Å². The molecule has 2 aliphatic heterocycles. The first-order valence-corrected chi connectivity index (χ1v) is 23.7. The summed E-state index contributed by atoms with van der Waals surface area (Å²) >= 11 is 0. The Balaban J connectivity index is 1.04. The topological polar surface area (TPSA) is 192 Å². The van der Waals surface area contributed by atoms with Crippen LogP contribution in [0.4, 0.5) is 9.59 Å². The molecule has 4 amide bonds. The highest BCUT2D eigenvalue weighted by Gasteiger charge is 2.49. The normalized spacial score (nSPS) is 22.7. The van der Waals surface area contributed by atoms with Gasteiger partial charge >= 0.3 is 12.2 Å². The number of aromatic nitrogens is 4. The molecular formula is C51H62N8O7. The van der Waals surface area contributed by atoms with E-state index in [9.17, 15) is 19.2 Å². The Bertz CT molecular complexity index is 2710. The van der Waals surface area contributed by atoms with Crippen LogP contribution in [0, 0.1) is 23.2 Å². The summed E-state index contributed by atoms with van der Waals surface area (Å²) in [6.07, 6.45) is 6.29. The fourth-order valence-electron chi connectivity index (χ4n) is 11.1. The predicted octanol–water partition coefficient (Wildman–Crippen LogP) is 8.80. The molecule has 2 saturated heterocycles. The number of rotatable bonds is 10. The van der Waals surface area contributed by atoms with Gasteiger partial charge in [0.25, 0.3) is 0 Å². The summed E-state index contributed by atoms with van der Waals surface area (Å²) in [5.41, 5.74) is 8.48. The summed E-state index contributed by atoms with van der Waals surface area (Å²) < 4.78 is 9.64. The van der Waals surface area contributed by atoms with Crippen LogP contribution in [0.1, 0.15) is 126 Å². The molecule has 1 spiro atoms. The van der Waals surface area contributed by atoms with Crippen molar-refractivity contribution in [2.24, 2.45) is 23.2 Å². The molecule has 4 N–H and O–H groups in total. The fourth-order valence-corrected chi connectivity index (χ4v) is 11.1. The van der Waals surface area contributed by atoms with Crippen LogP contribution in [-0.2, 0) is 25.5 Å². The maximum Gasteiger partial charge on any atom is 0.407 e. The van der Waals surface area contributed by atoms with Crippen LogP contribution in [0.2, 0.25) is 0 Å². The number of carbonyl (C=O) groups excluding carboxylic acids is 5. The molecule has 2 aromatic heterocycles. The Labute approximate surface area is 385 Å². The lowest BCUT2D eigenvalue weighted by atomic mass is 9.68. The molecule has 1 saturated carbocycles. The quantitative estimate of drug-likeness (QED) is 0.106. The van der Waals surface area contributed by atoms with Crippen molar-refractivity contribution in [1.82, 2.24) is 40.4 Å². The molecule has 2 aliphatic carbocycles. The van der Waals surface area contributed by atoms with Gasteiger partial charge in [0.2, 0.25) is 11.8 Å². The molecule has 3 unspecified atom stereocenters. The highest BCUT2D eigenvalue weighted by atomic mass is 16.5. The lowest BCUT2D eigenvalue weighted by molar-refractivity contribution is -0.136. The number of ether oxygens (including phenoxy) is 2. The number of Topliss-reactive ketones (excluding diaryl/α,β-unsaturated/α-hetero) is 1. The number of likely N-dealkylation sites (tertiary alicyclic amines) is 2. The van der Waals surface area contributed by atoms with E-state index in [0.717, 1.165) is 107 Å². The van der Waals surface area contributed by atoms with Gasteiger partial charge in [0.1, 0.15) is 23.7 Å². The third kappa shape index (κ3) is 8.08. The molecule has 4 heterocycles. The van der Waals surface area contributed by atoms with Crippen LogP contribution in [0.25, 0.3) is 44.3 Å². The Hall–Kier alpha value is -6.25. The van der Waals surface area contributed by atoms with Gasteiger partial charge in [0.05, 0.1) is 48.4 Å². The number of ketones is 1. The lowest BCUT2D eigenvalue weighted by Crippen LogP contribution is -2.51. The van der Waals surface area contributed by atoms with Gasteiger partial charge < -0.3 is 39.9 Å². The number of hydrogen-bond donors (Lipinski definition) is 4. The number of amides is 4. The van der Waals surface area contributed by atoms with Gasteiger partial charge in [-0.25, -0.2) is 19.6 Å². The van der Waals surface area contributed by atoms with Crippen molar-refractivity contribution in [3.8, 4) is 22.3 Å². The van der Waals surface area contributed by atoms with E-state index in [0.29, 0.717) is 37.1 Å². The number of aromatic amines is 2. The molecule has 3 fully saturated rings. The molecule has 4 atom stereocenters. The van der Waals surface area contributed by atoms with Crippen molar-refractivity contribution in [2.75, 3.05) is 27.3 Å². The molecule has 0 radical (unpaired) electrons. The number of nitrogens with one attached hydrogen (secondary N) is 4. The van der Waals surface area contributed by atoms with E-state index in [1.165, 1.54) is 14.2 Å². The molecule has 4 aliphatic rings. The summed E-state index contributed by atoms with van der Waals surface area (Å²) in [5, 5.41) is 5.45. The number of nitrogens with zero attached hydrogens (tertiary/aromatic N) is 4. The summed E-state index contributed by atoms with van der Waals surface area (Å²) in [4.78, 5) is 87.8. The number of carbonyl (C=O) groups is 5. The molecule has 15 heteroatoms. The molecule has 5 aromatic rings. The summed E-state index contributed by atoms with van der Waals surface area (Å²) in [7, 11) is 2.58. The SMILES string of the molecule is COC(=O)NC(C(=O)N1CCCC1c1nc2ccc(-c3ccc(-c4ccc5nc(C6CCCN6C(=O)[C@@H](NC(=O)OC)C(C)C)[nH]c5c4)c4c3C(=O)C3(CCC(C)CC3)C4)cc2[nH]1)C(C)C. The van der Waals surface area contributed by atoms with E-state index in [-0.39, 0.29) is 41.5 Å². The van der Waals surface area contributed by atoms with E-state index in [2.05, 4.69) is 57.9 Å². The van der Waals surface area contributed by atoms with Crippen molar-refractivity contribution in [1.29, 1.82) is 0 Å². The highest BCUT2D eigenvalue weighted by molar-refractivity contribution is 6.12. The van der Waals surface area contributed by atoms with Crippen LogP contribution in [0.15, 0.2) is 48.5 Å². The summed E-state index contributed by atoms with van der Waals surface area (Å²) in [6.45, 7) is 11.0. The number of methoxy groups -OCH3 is 2. The number of alkyl carbamates (subject to hydrolysis) is 2. The van der Waals surface area contributed by atoms with Crippen LogP contribution in [0.5, 0.6) is 0 Å². The second kappa shape index (κ2) is 17.9. The first-order chi connectivity index (χ1) is 31.7. The largest absolute Gasteiger partial charge is 0.453 e. The second-order valence-electron chi connectivity index (χ2n) is 19.8. The van der Waals surface area contributed by atoms with Gasteiger partial charge in [0, 0.05) is 24.1 Å². The molecule has 66 heavy (non-hydrogen) atoms. The van der Waals surface area contributed by atoms with Crippen molar-refractivity contribution in [3.63, 3.8) is 0 Å². The smallest absolute Gasteiger partial charge is 0.407 e.